The molecular weight excluding hydrogens is 604 g/mol. The summed E-state index contributed by atoms with van der Waals surface area (Å²) < 4.78 is 21.3. The minimum Gasteiger partial charge on any atom is -0.460 e. The number of nitrogens with one attached hydrogen (secondary N) is 3. The van der Waals surface area contributed by atoms with Gasteiger partial charge in [-0.15, -0.1) is 0 Å². The number of non-ortho nitro benzene ring substituents is 1. The molecule has 0 saturated carbocycles. The molecule has 0 radical (unpaired) electrons. The first-order valence-corrected chi connectivity index (χ1v) is 15.0. The fraction of sp³-hybridized carbons (Fsp3) is 0.645. The first kappa shape index (κ1) is 39.6. The van der Waals surface area contributed by atoms with Gasteiger partial charge in [-0.2, -0.15) is 0 Å². The number of rotatable bonds is 14. The van der Waals surface area contributed by atoms with Crippen LogP contribution in [0.3, 0.4) is 0 Å². The van der Waals surface area contributed by atoms with Gasteiger partial charge in [0.15, 0.2) is 0 Å². The van der Waals surface area contributed by atoms with E-state index in [1.807, 2.05) is 0 Å². The van der Waals surface area contributed by atoms with Crippen LogP contribution in [0.25, 0.3) is 0 Å². The molecule has 258 valence electrons. The van der Waals surface area contributed by atoms with Gasteiger partial charge in [-0.25, -0.2) is 19.2 Å². The van der Waals surface area contributed by atoms with Crippen LogP contribution in [0.2, 0.25) is 0 Å². The molecule has 0 aliphatic carbocycles. The molecular formula is C31H48N4O11. The average Bonchev–Trinajstić information content (AvgIpc) is 2.87. The van der Waals surface area contributed by atoms with E-state index in [2.05, 4.69) is 16.0 Å². The van der Waals surface area contributed by atoms with Crippen LogP contribution < -0.4 is 20.7 Å². The topological polar surface area (TPSA) is 201 Å². The van der Waals surface area contributed by atoms with Gasteiger partial charge in [0.05, 0.1) is 4.92 Å². The monoisotopic (exact) mass is 652 g/mol. The Morgan fingerprint density at radius 3 is 1.67 bits per heavy atom. The fourth-order valence-corrected chi connectivity index (χ4v) is 3.70. The van der Waals surface area contributed by atoms with Crippen molar-refractivity contribution in [2.75, 3.05) is 6.54 Å². The maximum absolute atomic E-state index is 13.0. The zero-order valence-corrected chi connectivity index (χ0v) is 28.1. The number of nitrogens with zero attached hydrogens (tertiary/aromatic N) is 1. The maximum atomic E-state index is 13.0. The summed E-state index contributed by atoms with van der Waals surface area (Å²) in [5.74, 6) is -1.89. The number of carbonyl (C=O) groups excluding carboxylic acids is 5. The average molecular weight is 653 g/mol. The van der Waals surface area contributed by atoms with Crippen LogP contribution in [0.1, 0.15) is 94.4 Å². The highest BCUT2D eigenvalue weighted by Gasteiger charge is 2.31. The second kappa shape index (κ2) is 17.3. The molecule has 0 fully saturated rings. The van der Waals surface area contributed by atoms with Gasteiger partial charge in [0.25, 0.3) is 5.69 Å². The highest BCUT2D eigenvalue weighted by molar-refractivity contribution is 5.87. The highest BCUT2D eigenvalue weighted by Crippen LogP contribution is 2.18. The molecule has 3 amide bonds. The molecule has 3 N–H and O–H groups in total. The maximum Gasteiger partial charge on any atom is 0.412 e. The number of ether oxygens (including phenoxy) is 4. The lowest BCUT2D eigenvalue weighted by molar-refractivity contribution is -0.384. The van der Waals surface area contributed by atoms with Crippen molar-refractivity contribution in [2.24, 2.45) is 0 Å². The molecule has 15 nitrogen and oxygen atoms in total. The molecule has 0 bridgehead atoms. The minimum absolute atomic E-state index is 0.101. The third kappa shape index (κ3) is 17.8. The van der Waals surface area contributed by atoms with Crippen LogP contribution in [-0.2, 0) is 28.6 Å². The molecule has 0 saturated heterocycles. The van der Waals surface area contributed by atoms with Crippen LogP contribution in [-0.4, -0.2) is 70.4 Å². The number of nitro benzene ring substituents is 1. The van der Waals surface area contributed by atoms with Crippen molar-refractivity contribution >= 4 is 35.7 Å². The Morgan fingerprint density at radius 2 is 1.22 bits per heavy atom. The predicted octanol–water partition coefficient (Wildman–Crippen LogP) is 4.70. The van der Waals surface area contributed by atoms with Crippen molar-refractivity contribution in [3.8, 4) is 5.75 Å². The van der Waals surface area contributed by atoms with Crippen molar-refractivity contribution in [2.45, 2.75) is 123 Å². The van der Waals surface area contributed by atoms with E-state index in [4.69, 9.17) is 18.9 Å². The molecule has 0 aliphatic rings. The normalized spacial score (nSPS) is 13.0. The second-order valence-corrected chi connectivity index (χ2v) is 13.5. The van der Waals surface area contributed by atoms with Gasteiger partial charge >= 0.3 is 30.0 Å². The summed E-state index contributed by atoms with van der Waals surface area (Å²) in [5, 5.41) is 18.4. The van der Waals surface area contributed by atoms with Crippen molar-refractivity contribution in [1.29, 1.82) is 0 Å². The van der Waals surface area contributed by atoms with E-state index in [1.165, 1.54) is 24.3 Å². The summed E-state index contributed by atoms with van der Waals surface area (Å²) in [5.41, 5.74) is -2.58. The third-order valence-electron chi connectivity index (χ3n) is 5.50. The molecule has 0 heterocycles. The Morgan fingerprint density at radius 1 is 0.739 bits per heavy atom. The first-order chi connectivity index (χ1) is 21.0. The van der Waals surface area contributed by atoms with E-state index in [9.17, 15) is 34.1 Å². The first-order valence-electron chi connectivity index (χ1n) is 15.0. The summed E-state index contributed by atoms with van der Waals surface area (Å²) in [7, 11) is 0. The van der Waals surface area contributed by atoms with E-state index in [0.29, 0.717) is 12.8 Å². The molecule has 0 aromatic heterocycles. The van der Waals surface area contributed by atoms with E-state index in [-0.39, 0.29) is 37.2 Å². The Hall–Kier alpha value is -4.43. The number of hydrogen-bond donors (Lipinski definition) is 3. The van der Waals surface area contributed by atoms with E-state index in [1.54, 1.807) is 62.3 Å². The fourth-order valence-electron chi connectivity index (χ4n) is 3.70. The van der Waals surface area contributed by atoms with Gasteiger partial charge in [-0.3, -0.25) is 14.9 Å². The van der Waals surface area contributed by atoms with Crippen molar-refractivity contribution < 1.29 is 47.8 Å². The molecule has 1 aromatic carbocycles. The van der Waals surface area contributed by atoms with Crippen LogP contribution in [0.15, 0.2) is 24.3 Å². The number of nitro groups is 1. The zero-order chi connectivity index (χ0) is 35.3. The van der Waals surface area contributed by atoms with Crippen LogP contribution in [0.4, 0.5) is 15.3 Å². The Kier molecular flexibility index (Phi) is 14.9. The van der Waals surface area contributed by atoms with Gasteiger partial charge in [0.2, 0.25) is 0 Å². The molecule has 2 atom stereocenters. The van der Waals surface area contributed by atoms with Crippen LogP contribution >= 0.6 is 0 Å². The lowest BCUT2D eigenvalue weighted by atomic mass is 10.1. The van der Waals surface area contributed by atoms with Gasteiger partial charge in [-0.05, 0) is 100 Å². The quantitative estimate of drug-likeness (QED) is 0.0827. The number of esters is 3. The molecule has 46 heavy (non-hydrogen) atoms. The van der Waals surface area contributed by atoms with Gasteiger partial charge in [0.1, 0.15) is 34.6 Å². The van der Waals surface area contributed by atoms with Crippen molar-refractivity contribution in [3.05, 3.63) is 34.4 Å². The Bertz CT molecular complexity index is 1210. The van der Waals surface area contributed by atoms with Gasteiger partial charge in [0, 0.05) is 25.1 Å². The minimum atomic E-state index is -1.21. The molecule has 0 aliphatic heterocycles. The summed E-state index contributed by atoms with van der Waals surface area (Å²) in [6, 6.07) is 1.85. The standard InChI is InChI=1S/C31H48N4O11/c1-29(2,3)44-24(36)18-17-23(26(38)46-31(7,8)9)34-27(39)33-22(25(37)45-30(4,5)6)12-10-11-19-32-28(40)43-21-15-13-20(14-16-21)35(41)42/h13-16,22-23H,10-12,17-19H2,1-9H3,(H,32,40)(H2,33,34,39)/t22-,23-/m0/s1. The van der Waals surface area contributed by atoms with E-state index < -0.39 is 63.8 Å². The number of carbonyl (C=O) groups is 5. The smallest absolute Gasteiger partial charge is 0.412 e. The number of urea groups is 1. The number of hydrogen-bond acceptors (Lipinski definition) is 11. The SMILES string of the molecule is CC(C)(C)OC(=O)CC[C@H](NC(=O)N[C@@H](CCCCNC(=O)Oc1ccc([N+](=O)[O-])cc1)C(=O)OC(C)(C)C)C(=O)OC(C)(C)C. The summed E-state index contributed by atoms with van der Waals surface area (Å²) >= 11 is 0. The zero-order valence-electron chi connectivity index (χ0n) is 28.1. The molecule has 1 rings (SSSR count). The van der Waals surface area contributed by atoms with E-state index in [0.717, 1.165) is 0 Å². The third-order valence-corrected chi connectivity index (χ3v) is 5.50. The van der Waals surface area contributed by atoms with Crippen molar-refractivity contribution in [1.82, 2.24) is 16.0 Å². The van der Waals surface area contributed by atoms with E-state index >= 15 is 0 Å². The Labute approximate surface area is 269 Å². The molecule has 1 aromatic rings. The van der Waals surface area contributed by atoms with Crippen molar-refractivity contribution in [3.63, 3.8) is 0 Å². The number of amides is 3. The Balaban J connectivity index is 2.81. The highest BCUT2D eigenvalue weighted by atomic mass is 16.6. The summed E-state index contributed by atoms with van der Waals surface area (Å²) in [6.45, 7) is 15.3. The van der Waals surface area contributed by atoms with Crippen LogP contribution in [0.5, 0.6) is 5.75 Å². The van der Waals surface area contributed by atoms with Gasteiger partial charge in [-0.1, -0.05) is 0 Å². The predicted molar refractivity (Wildman–Crippen MR) is 167 cm³/mol. The molecule has 15 heteroatoms. The molecule has 0 spiro atoms. The number of unbranched alkanes of at least 4 members (excludes halogenated alkanes) is 1. The van der Waals surface area contributed by atoms with Crippen LogP contribution in [0, 0.1) is 10.1 Å². The lowest BCUT2D eigenvalue weighted by Crippen LogP contribution is -2.53. The summed E-state index contributed by atoms with van der Waals surface area (Å²) in [6.07, 6.45) is -0.136. The molecule has 0 unspecified atom stereocenters. The number of benzene rings is 1. The lowest BCUT2D eigenvalue weighted by Gasteiger charge is -2.27. The summed E-state index contributed by atoms with van der Waals surface area (Å²) in [4.78, 5) is 73.4. The second-order valence-electron chi connectivity index (χ2n) is 13.5. The largest absolute Gasteiger partial charge is 0.460 e. The van der Waals surface area contributed by atoms with Gasteiger partial charge < -0.3 is 34.9 Å².